The molecule has 2 aromatic rings. The molecule has 2 rings (SSSR count). The van der Waals surface area contributed by atoms with Crippen molar-refractivity contribution >= 4 is 23.2 Å². The van der Waals surface area contributed by atoms with E-state index in [4.69, 9.17) is 23.2 Å². The highest BCUT2D eigenvalue weighted by Crippen LogP contribution is 2.30. The molecule has 76 valence electrons. The minimum absolute atomic E-state index is 0.511. The van der Waals surface area contributed by atoms with Gasteiger partial charge in [-0.25, -0.2) is 4.98 Å². The second-order valence-corrected chi connectivity index (χ2v) is 4.10. The molecule has 0 N–H and O–H groups in total. The number of halogens is 2. The summed E-state index contributed by atoms with van der Waals surface area (Å²) in [6, 6.07) is 9.53. The molecule has 0 atom stereocenters. The van der Waals surface area contributed by atoms with Crippen LogP contribution in [0.15, 0.2) is 36.5 Å². The van der Waals surface area contributed by atoms with Crippen molar-refractivity contribution in [3.8, 4) is 11.1 Å². The van der Waals surface area contributed by atoms with Crippen molar-refractivity contribution in [2.45, 2.75) is 6.92 Å². The Bertz CT molecular complexity index is 474. The van der Waals surface area contributed by atoms with Gasteiger partial charge < -0.3 is 0 Å². The van der Waals surface area contributed by atoms with Crippen LogP contribution >= 0.6 is 23.2 Å². The summed E-state index contributed by atoms with van der Waals surface area (Å²) in [6.07, 6.45) is 1.70. The first-order valence-electron chi connectivity index (χ1n) is 4.55. The average Bonchev–Trinajstić information content (AvgIpc) is 2.17. The van der Waals surface area contributed by atoms with Crippen molar-refractivity contribution < 1.29 is 0 Å². The zero-order valence-corrected chi connectivity index (χ0v) is 9.68. The second kappa shape index (κ2) is 4.21. The van der Waals surface area contributed by atoms with Gasteiger partial charge in [-0.1, -0.05) is 35.3 Å². The third-order valence-electron chi connectivity index (χ3n) is 2.23. The lowest BCUT2D eigenvalue weighted by Gasteiger charge is -2.07. The van der Waals surface area contributed by atoms with Crippen molar-refractivity contribution in [3.63, 3.8) is 0 Å². The van der Waals surface area contributed by atoms with Crippen LogP contribution in [0, 0.1) is 6.92 Å². The van der Waals surface area contributed by atoms with Gasteiger partial charge in [0.05, 0.1) is 0 Å². The van der Waals surface area contributed by atoms with E-state index in [1.165, 1.54) is 0 Å². The van der Waals surface area contributed by atoms with E-state index in [0.29, 0.717) is 10.2 Å². The van der Waals surface area contributed by atoms with Crippen molar-refractivity contribution in [2.75, 3.05) is 0 Å². The van der Waals surface area contributed by atoms with Crippen molar-refractivity contribution in [2.24, 2.45) is 0 Å². The smallest absolute Gasteiger partial charge is 0.137 e. The van der Waals surface area contributed by atoms with Gasteiger partial charge in [-0.15, -0.1) is 0 Å². The van der Waals surface area contributed by atoms with E-state index in [1.807, 2.05) is 37.3 Å². The first kappa shape index (κ1) is 10.5. The maximum atomic E-state index is 6.06. The molecule has 0 fully saturated rings. The van der Waals surface area contributed by atoms with E-state index < -0.39 is 0 Å². The summed E-state index contributed by atoms with van der Waals surface area (Å²) in [7, 11) is 0. The molecule has 0 spiro atoms. The fraction of sp³-hybridized carbons (Fsp3) is 0.0833. The second-order valence-electron chi connectivity index (χ2n) is 3.30. The monoisotopic (exact) mass is 237 g/mol. The molecule has 3 heteroatoms. The average molecular weight is 238 g/mol. The molecule has 0 saturated carbocycles. The minimum Gasteiger partial charge on any atom is -0.244 e. The molecule has 1 nitrogen and oxygen atoms in total. The Labute approximate surface area is 98.7 Å². The number of nitrogens with zero attached hydrogens (tertiary/aromatic N) is 1. The van der Waals surface area contributed by atoms with Crippen LogP contribution < -0.4 is 0 Å². The van der Waals surface area contributed by atoms with Gasteiger partial charge in [-0.05, 0) is 36.2 Å². The molecule has 0 bridgehead atoms. The molecule has 0 aliphatic rings. The van der Waals surface area contributed by atoms with Crippen LogP contribution in [-0.2, 0) is 0 Å². The van der Waals surface area contributed by atoms with Crippen molar-refractivity contribution in [1.29, 1.82) is 0 Å². The Morgan fingerprint density at radius 3 is 2.60 bits per heavy atom. The van der Waals surface area contributed by atoms with Crippen LogP contribution in [0.2, 0.25) is 10.2 Å². The molecular formula is C12H9Cl2N. The van der Waals surface area contributed by atoms with E-state index >= 15 is 0 Å². The van der Waals surface area contributed by atoms with Gasteiger partial charge in [0.15, 0.2) is 0 Å². The first-order valence-corrected chi connectivity index (χ1v) is 5.31. The highest BCUT2D eigenvalue weighted by Gasteiger charge is 2.07. The van der Waals surface area contributed by atoms with E-state index in [-0.39, 0.29) is 0 Å². The molecule has 1 heterocycles. The fourth-order valence-electron chi connectivity index (χ4n) is 1.52. The summed E-state index contributed by atoms with van der Waals surface area (Å²) >= 11 is 12.0. The minimum atomic E-state index is 0.511. The Morgan fingerprint density at radius 1 is 1.13 bits per heavy atom. The van der Waals surface area contributed by atoms with Crippen LogP contribution in [0.3, 0.4) is 0 Å². The quantitative estimate of drug-likeness (QED) is 0.672. The van der Waals surface area contributed by atoms with E-state index in [1.54, 1.807) is 6.20 Å². The zero-order valence-electron chi connectivity index (χ0n) is 8.17. The molecule has 0 radical (unpaired) electrons. The summed E-state index contributed by atoms with van der Waals surface area (Å²) < 4.78 is 0. The van der Waals surface area contributed by atoms with Gasteiger partial charge in [0.1, 0.15) is 5.15 Å². The van der Waals surface area contributed by atoms with Gasteiger partial charge >= 0.3 is 0 Å². The summed E-state index contributed by atoms with van der Waals surface area (Å²) in [5.74, 6) is 0. The molecule has 1 aromatic carbocycles. The molecule has 0 unspecified atom stereocenters. The SMILES string of the molecule is Cc1ccnc(Cl)c1-c1cccc(Cl)c1. The highest BCUT2D eigenvalue weighted by atomic mass is 35.5. The number of aryl methyl sites for hydroxylation is 1. The Hall–Kier alpha value is -1.05. The number of pyridine rings is 1. The zero-order chi connectivity index (χ0) is 10.8. The number of benzene rings is 1. The highest BCUT2D eigenvalue weighted by molar-refractivity contribution is 6.33. The van der Waals surface area contributed by atoms with Gasteiger partial charge in [0, 0.05) is 16.8 Å². The molecular weight excluding hydrogens is 229 g/mol. The summed E-state index contributed by atoms with van der Waals surface area (Å²) in [5.41, 5.74) is 3.04. The van der Waals surface area contributed by atoms with Gasteiger partial charge in [0.2, 0.25) is 0 Å². The molecule has 0 aliphatic heterocycles. The molecule has 0 amide bonds. The predicted octanol–water partition coefficient (Wildman–Crippen LogP) is 4.36. The predicted molar refractivity (Wildman–Crippen MR) is 64.4 cm³/mol. The topological polar surface area (TPSA) is 12.9 Å². The third kappa shape index (κ3) is 2.14. The van der Waals surface area contributed by atoms with Crippen LogP contribution in [-0.4, -0.2) is 4.98 Å². The molecule has 15 heavy (non-hydrogen) atoms. The largest absolute Gasteiger partial charge is 0.244 e. The Kier molecular flexibility index (Phi) is 2.94. The third-order valence-corrected chi connectivity index (χ3v) is 2.75. The summed E-state index contributed by atoms with van der Waals surface area (Å²) in [6.45, 7) is 2.00. The van der Waals surface area contributed by atoms with Gasteiger partial charge in [-0.3, -0.25) is 0 Å². The fourth-order valence-corrected chi connectivity index (χ4v) is 2.02. The van der Waals surface area contributed by atoms with Crippen LogP contribution in [0.4, 0.5) is 0 Å². The standard InChI is InChI=1S/C12H9Cl2N/c1-8-5-6-15-12(14)11(8)9-3-2-4-10(13)7-9/h2-7H,1H3. The number of hydrogen-bond acceptors (Lipinski definition) is 1. The first-order chi connectivity index (χ1) is 7.18. The van der Waals surface area contributed by atoms with Gasteiger partial charge in [-0.2, -0.15) is 0 Å². The van der Waals surface area contributed by atoms with E-state index in [2.05, 4.69) is 4.98 Å². The maximum Gasteiger partial charge on any atom is 0.137 e. The number of rotatable bonds is 1. The summed E-state index contributed by atoms with van der Waals surface area (Å²) in [5, 5.41) is 1.21. The lowest BCUT2D eigenvalue weighted by Crippen LogP contribution is -1.87. The van der Waals surface area contributed by atoms with Crippen LogP contribution in [0.5, 0.6) is 0 Å². The van der Waals surface area contributed by atoms with Gasteiger partial charge in [0.25, 0.3) is 0 Å². The van der Waals surface area contributed by atoms with E-state index in [0.717, 1.165) is 16.7 Å². The molecule has 1 aromatic heterocycles. The van der Waals surface area contributed by atoms with Crippen LogP contribution in [0.1, 0.15) is 5.56 Å². The Morgan fingerprint density at radius 2 is 1.93 bits per heavy atom. The van der Waals surface area contributed by atoms with Crippen molar-refractivity contribution in [3.05, 3.63) is 52.3 Å². The Balaban J connectivity index is 2.63. The normalized spacial score (nSPS) is 10.3. The van der Waals surface area contributed by atoms with Crippen LogP contribution in [0.25, 0.3) is 11.1 Å². The van der Waals surface area contributed by atoms with E-state index in [9.17, 15) is 0 Å². The molecule has 0 saturated heterocycles. The van der Waals surface area contributed by atoms with Crippen molar-refractivity contribution in [1.82, 2.24) is 4.98 Å². The lowest BCUT2D eigenvalue weighted by atomic mass is 10.0. The number of hydrogen-bond donors (Lipinski definition) is 0. The summed E-state index contributed by atoms with van der Waals surface area (Å²) in [4.78, 5) is 4.07. The molecule has 0 aliphatic carbocycles. The maximum absolute atomic E-state index is 6.06. The lowest BCUT2D eigenvalue weighted by molar-refractivity contribution is 1.29. The number of aromatic nitrogens is 1.